The Bertz CT molecular complexity index is 145. The molecule has 1 rings (SSSR count). The predicted octanol–water partition coefficient (Wildman–Crippen LogP) is 4.12. The topological polar surface area (TPSA) is 17.1 Å². The number of halogens is 4. The normalized spacial score (nSPS) is 17.7. The van der Waals surface area contributed by atoms with Crippen molar-refractivity contribution in [3.8, 4) is 0 Å². The number of ketones is 1. The monoisotopic (exact) mass is 264 g/mol. The van der Waals surface area contributed by atoms with Crippen molar-refractivity contribution in [1.82, 2.24) is 0 Å². The Morgan fingerprint density at radius 1 is 1.08 bits per heavy atom. The zero-order chi connectivity index (χ0) is 10.3. The molecule has 0 N–H and O–H groups in total. The minimum absolute atomic E-state index is 0.0394. The van der Waals surface area contributed by atoms with Gasteiger partial charge in [0, 0.05) is 12.8 Å². The van der Waals surface area contributed by atoms with Crippen molar-refractivity contribution in [2.24, 2.45) is 0 Å². The standard InChI is InChI=1S/C6H10O.C2H2Cl4/c7-6-4-2-1-3-5-6;3-1-2(4,5)6/h1-5H2;1H2. The van der Waals surface area contributed by atoms with Crippen LogP contribution in [0.2, 0.25) is 0 Å². The van der Waals surface area contributed by atoms with E-state index in [0.717, 1.165) is 25.7 Å². The largest absolute Gasteiger partial charge is 0.300 e. The maximum atomic E-state index is 10.5. The molecule has 0 unspecified atom stereocenters. The molecule has 0 aromatic carbocycles. The minimum Gasteiger partial charge on any atom is -0.300 e. The number of rotatable bonds is 0. The highest BCUT2D eigenvalue weighted by Gasteiger charge is 2.16. The van der Waals surface area contributed by atoms with Gasteiger partial charge in [-0.1, -0.05) is 41.2 Å². The Morgan fingerprint density at radius 3 is 1.62 bits per heavy atom. The molecule has 0 aromatic rings. The Hall–Kier alpha value is 0.830. The van der Waals surface area contributed by atoms with Gasteiger partial charge in [-0.2, -0.15) is 0 Å². The number of carbonyl (C=O) groups is 1. The fourth-order valence-electron chi connectivity index (χ4n) is 0.946. The molecule has 0 bridgehead atoms. The third kappa shape index (κ3) is 10.8. The quantitative estimate of drug-likeness (QED) is 0.603. The average Bonchev–Trinajstić information content (AvgIpc) is 2.06. The van der Waals surface area contributed by atoms with E-state index in [4.69, 9.17) is 46.4 Å². The second kappa shape index (κ2) is 7.17. The smallest absolute Gasteiger partial charge is 0.203 e. The van der Waals surface area contributed by atoms with E-state index >= 15 is 0 Å². The van der Waals surface area contributed by atoms with Gasteiger partial charge in [-0.05, 0) is 12.8 Å². The summed E-state index contributed by atoms with van der Waals surface area (Å²) >= 11 is 20.4. The van der Waals surface area contributed by atoms with E-state index in [1.54, 1.807) is 0 Å². The van der Waals surface area contributed by atoms with Gasteiger partial charge in [-0.3, -0.25) is 4.79 Å². The molecule has 0 heterocycles. The van der Waals surface area contributed by atoms with Gasteiger partial charge in [0.05, 0.1) is 5.88 Å². The maximum absolute atomic E-state index is 10.5. The Balaban J connectivity index is 0.000000226. The molecular weight excluding hydrogens is 254 g/mol. The van der Waals surface area contributed by atoms with E-state index in [1.165, 1.54) is 6.42 Å². The van der Waals surface area contributed by atoms with Crippen molar-refractivity contribution in [2.75, 3.05) is 5.88 Å². The van der Waals surface area contributed by atoms with Crippen molar-refractivity contribution in [2.45, 2.75) is 35.9 Å². The Kier molecular flexibility index (Phi) is 7.62. The average molecular weight is 266 g/mol. The summed E-state index contributed by atoms with van der Waals surface area (Å²) in [6.45, 7) is 0. The lowest BCUT2D eigenvalue weighted by Crippen LogP contribution is -2.02. The fraction of sp³-hybridized carbons (Fsp3) is 0.875. The van der Waals surface area contributed by atoms with Gasteiger partial charge in [-0.15, -0.1) is 11.6 Å². The van der Waals surface area contributed by atoms with Crippen LogP contribution in [0.3, 0.4) is 0 Å². The molecule has 1 saturated carbocycles. The summed E-state index contributed by atoms with van der Waals surface area (Å²) in [6.07, 6.45) is 5.24. The van der Waals surface area contributed by atoms with Gasteiger partial charge in [0.25, 0.3) is 0 Å². The van der Waals surface area contributed by atoms with Crippen LogP contribution in [0.25, 0.3) is 0 Å². The highest BCUT2D eigenvalue weighted by molar-refractivity contribution is 6.69. The summed E-state index contributed by atoms with van der Waals surface area (Å²) in [7, 11) is 0. The second-order valence-electron chi connectivity index (χ2n) is 2.85. The Morgan fingerprint density at radius 2 is 1.46 bits per heavy atom. The van der Waals surface area contributed by atoms with E-state index < -0.39 is 3.79 Å². The molecule has 0 atom stereocenters. The van der Waals surface area contributed by atoms with E-state index in [2.05, 4.69) is 0 Å². The molecule has 78 valence electrons. The lowest BCUT2D eigenvalue weighted by atomic mass is 10.00. The lowest BCUT2D eigenvalue weighted by molar-refractivity contribution is -0.120. The van der Waals surface area contributed by atoms with E-state index in [9.17, 15) is 4.79 Å². The highest BCUT2D eigenvalue weighted by Crippen LogP contribution is 2.26. The first-order valence-electron chi connectivity index (χ1n) is 4.10. The van der Waals surface area contributed by atoms with Gasteiger partial charge in [0.2, 0.25) is 3.79 Å². The number of Topliss-reactive ketones (excluding diaryl/α,β-unsaturated/α-hetero) is 1. The SMILES string of the molecule is ClCC(Cl)(Cl)Cl.O=C1CCCCC1. The molecule has 1 aliphatic carbocycles. The minimum atomic E-state index is -1.28. The van der Waals surface area contributed by atoms with Crippen molar-refractivity contribution < 1.29 is 4.79 Å². The summed E-state index contributed by atoms with van der Waals surface area (Å²) in [6, 6.07) is 0. The van der Waals surface area contributed by atoms with Crippen LogP contribution in [0, 0.1) is 0 Å². The molecular formula is C8H12Cl4O. The first-order valence-corrected chi connectivity index (χ1v) is 5.77. The third-order valence-electron chi connectivity index (χ3n) is 1.56. The predicted molar refractivity (Wildman–Crippen MR) is 59.1 cm³/mol. The van der Waals surface area contributed by atoms with Gasteiger partial charge < -0.3 is 0 Å². The number of alkyl halides is 4. The molecule has 0 spiro atoms. The zero-order valence-corrected chi connectivity index (χ0v) is 10.2. The van der Waals surface area contributed by atoms with E-state index in [0.29, 0.717) is 5.78 Å². The van der Waals surface area contributed by atoms with Crippen LogP contribution in [0.15, 0.2) is 0 Å². The number of carbonyl (C=O) groups excluding carboxylic acids is 1. The van der Waals surface area contributed by atoms with Crippen LogP contribution in [0.4, 0.5) is 0 Å². The van der Waals surface area contributed by atoms with Gasteiger partial charge in [0.1, 0.15) is 5.78 Å². The highest BCUT2D eigenvalue weighted by atomic mass is 35.6. The Labute approximate surface area is 98.7 Å². The third-order valence-corrected chi connectivity index (χ3v) is 2.77. The molecule has 5 heteroatoms. The maximum Gasteiger partial charge on any atom is 0.203 e. The first-order chi connectivity index (χ1) is 5.95. The van der Waals surface area contributed by atoms with Crippen LogP contribution < -0.4 is 0 Å². The number of hydrogen-bond donors (Lipinski definition) is 0. The molecule has 1 aliphatic rings. The number of hydrogen-bond acceptors (Lipinski definition) is 1. The molecule has 0 radical (unpaired) electrons. The fourth-order valence-corrected chi connectivity index (χ4v) is 0.946. The molecule has 1 fully saturated rings. The van der Waals surface area contributed by atoms with Crippen molar-refractivity contribution in [3.05, 3.63) is 0 Å². The van der Waals surface area contributed by atoms with Crippen molar-refractivity contribution in [1.29, 1.82) is 0 Å². The van der Waals surface area contributed by atoms with Crippen molar-refractivity contribution in [3.63, 3.8) is 0 Å². The second-order valence-corrected chi connectivity index (χ2v) is 5.63. The van der Waals surface area contributed by atoms with E-state index in [-0.39, 0.29) is 5.88 Å². The molecule has 1 nitrogen and oxygen atoms in total. The lowest BCUT2D eigenvalue weighted by Gasteiger charge is -2.05. The van der Waals surface area contributed by atoms with Crippen LogP contribution in [-0.2, 0) is 4.79 Å². The van der Waals surface area contributed by atoms with Gasteiger partial charge in [-0.25, -0.2) is 0 Å². The van der Waals surface area contributed by atoms with Gasteiger partial charge >= 0.3 is 0 Å². The summed E-state index contributed by atoms with van der Waals surface area (Å²) in [5, 5.41) is 0. The first kappa shape index (κ1) is 13.8. The van der Waals surface area contributed by atoms with Gasteiger partial charge in [0.15, 0.2) is 0 Å². The van der Waals surface area contributed by atoms with Crippen LogP contribution in [0.5, 0.6) is 0 Å². The summed E-state index contributed by atoms with van der Waals surface area (Å²) < 4.78 is -1.28. The summed E-state index contributed by atoms with van der Waals surface area (Å²) in [5.41, 5.74) is 0. The van der Waals surface area contributed by atoms with Crippen molar-refractivity contribution >= 4 is 52.2 Å². The molecule has 13 heavy (non-hydrogen) atoms. The summed E-state index contributed by atoms with van der Waals surface area (Å²) in [4.78, 5) is 10.5. The summed E-state index contributed by atoms with van der Waals surface area (Å²) in [5.74, 6) is 0.503. The van der Waals surface area contributed by atoms with Crippen LogP contribution in [0.1, 0.15) is 32.1 Å². The van der Waals surface area contributed by atoms with E-state index in [1.807, 2.05) is 0 Å². The molecule has 0 aromatic heterocycles. The molecule has 0 aliphatic heterocycles. The van der Waals surface area contributed by atoms with Crippen LogP contribution >= 0.6 is 46.4 Å². The van der Waals surface area contributed by atoms with Crippen LogP contribution in [-0.4, -0.2) is 15.5 Å². The molecule has 0 amide bonds. The molecule has 0 saturated heterocycles. The zero-order valence-electron chi connectivity index (χ0n) is 7.16.